The summed E-state index contributed by atoms with van der Waals surface area (Å²) in [5.41, 5.74) is 6.00. The Labute approximate surface area is 164 Å². The van der Waals surface area contributed by atoms with E-state index >= 15 is 0 Å². The van der Waals surface area contributed by atoms with Crippen LogP contribution < -0.4 is 5.56 Å². The molecule has 0 aliphatic carbocycles. The Morgan fingerprint density at radius 1 is 0.821 bits per heavy atom. The van der Waals surface area contributed by atoms with Crippen molar-refractivity contribution >= 4 is 23.1 Å². The van der Waals surface area contributed by atoms with Crippen LogP contribution in [-0.2, 0) is 0 Å². The monoisotopic (exact) mass is 366 g/mol. The van der Waals surface area contributed by atoms with E-state index in [9.17, 15) is 4.79 Å². The summed E-state index contributed by atoms with van der Waals surface area (Å²) >= 11 is 0. The van der Waals surface area contributed by atoms with E-state index in [1.165, 1.54) is 11.1 Å². The van der Waals surface area contributed by atoms with E-state index in [0.29, 0.717) is 16.7 Å². The summed E-state index contributed by atoms with van der Waals surface area (Å²) in [6, 6.07) is 21.9. The summed E-state index contributed by atoms with van der Waals surface area (Å²) < 4.78 is 1.71. The summed E-state index contributed by atoms with van der Waals surface area (Å²) in [6.07, 6.45) is 3.92. The Balaban J connectivity index is 1.97. The molecular formula is C25H22N2O. The van der Waals surface area contributed by atoms with Gasteiger partial charge in [0.1, 0.15) is 5.82 Å². The van der Waals surface area contributed by atoms with Crippen molar-refractivity contribution in [3.8, 4) is 5.69 Å². The SMILES string of the molecule is Cc1cccc(/C=C/c2nc3ccccc3c(=O)n2-c2ccc(C)cc2C)c1. The third-order valence-electron chi connectivity index (χ3n) is 4.86. The highest BCUT2D eigenvalue weighted by molar-refractivity contribution is 5.80. The van der Waals surface area contributed by atoms with Gasteiger partial charge in [0.05, 0.1) is 16.6 Å². The zero-order chi connectivity index (χ0) is 19.7. The highest BCUT2D eigenvalue weighted by Crippen LogP contribution is 2.19. The Morgan fingerprint density at radius 2 is 1.61 bits per heavy atom. The number of hydrogen-bond acceptors (Lipinski definition) is 2. The predicted molar refractivity (Wildman–Crippen MR) is 117 cm³/mol. The average molecular weight is 366 g/mol. The molecule has 1 heterocycles. The lowest BCUT2D eigenvalue weighted by atomic mass is 10.1. The fourth-order valence-corrected chi connectivity index (χ4v) is 3.50. The van der Waals surface area contributed by atoms with Crippen LogP contribution in [0.1, 0.15) is 28.1 Å². The molecule has 3 heteroatoms. The van der Waals surface area contributed by atoms with Crippen molar-refractivity contribution < 1.29 is 0 Å². The minimum Gasteiger partial charge on any atom is -0.268 e. The fraction of sp³-hybridized carbons (Fsp3) is 0.120. The summed E-state index contributed by atoms with van der Waals surface area (Å²) in [7, 11) is 0. The molecule has 1 aromatic heterocycles. The Bertz CT molecular complexity index is 1270. The minimum absolute atomic E-state index is 0.0542. The highest BCUT2D eigenvalue weighted by Gasteiger charge is 2.12. The third-order valence-corrected chi connectivity index (χ3v) is 4.86. The van der Waals surface area contributed by atoms with Crippen molar-refractivity contribution in [1.29, 1.82) is 0 Å². The van der Waals surface area contributed by atoms with Crippen molar-refractivity contribution in [2.45, 2.75) is 20.8 Å². The summed E-state index contributed by atoms with van der Waals surface area (Å²) in [4.78, 5) is 18.1. The number of benzene rings is 3. The average Bonchev–Trinajstić information content (AvgIpc) is 2.68. The lowest BCUT2D eigenvalue weighted by molar-refractivity contribution is 0.933. The van der Waals surface area contributed by atoms with Crippen LogP contribution in [0, 0.1) is 20.8 Å². The van der Waals surface area contributed by atoms with Gasteiger partial charge in [-0.3, -0.25) is 9.36 Å². The lowest BCUT2D eigenvalue weighted by Crippen LogP contribution is -2.23. The van der Waals surface area contributed by atoms with E-state index in [4.69, 9.17) is 4.98 Å². The molecule has 138 valence electrons. The van der Waals surface area contributed by atoms with Crippen molar-refractivity contribution in [3.63, 3.8) is 0 Å². The van der Waals surface area contributed by atoms with Gasteiger partial charge in [-0.1, -0.05) is 65.7 Å². The number of fused-ring (bicyclic) bond motifs is 1. The van der Waals surface area contributed by atoms with Crippen molar-refractivity contribution in [3.05, 3.63) is 105 Å². The number of nitrogens with zero attached hydrogens (tertiary/aromatic N) is 2. The number of hydrogen-bond donors (Lipinski definition) is 0. The molecule has 0 spiro atoms. The van der Waals surface area contributed by atoms with Crippen LogP contribution in [0.25, 0.3) is 28.7 Å². The quantitative estimate of drug-likeness (QED) is 0.481. The van der Waals surface area contributed by atoms with Gasteiger partial charge in [0.2, 0.25) is 0 Å². The first-order chi connectivity index (χ1) is 13.5. The van der Waals surface area contributed by atoms with Gasteiger partial charge in [0.15, 0.2) is 0 Å². The van der Waals surface area contributed by atoms with E-state index in [0.717, 1.165) is 16.8 Å². The zero-order valence-corrected chi connectivity index (χ0v) is 16.3. The first kappa shape index (κ1) is 17.9. The van der Waals surface area contributed by atoms with Gasteiger partial charge in [-0.2, -0.15) is 0 Å². The first-order valence-electron chi connectivity index (χ1n) is 9.37. The zero-order valence-electron chi connectivity index (χ0n) is 16.3. The molecule has 0 bridgehead atoms. The molecule has 0 radical (unpaired) electrons. The molecule has 4 aromatic rings. The van der Waals surface area contributed by atoms with Crippen LogP contribution in [0.15, 0.2) is 71.5 Å². The van der Waals surface area contributed by atoms with Crippen LogP contribution >= 0.6 is 0 Å². The highest BCUT2D eigenvalue weighted by atomic mass is 16.1. The van der Waals surface area contributed by atoms with E-state index in [2.05, 4.69) is 32.0 Å². The van der Waals surface area contributed by atoms with Crippen LogP contribution in [0.3, 0.4) is 0 Å². The van der Waals surface area contributed by atoms with Gasteiger partial charge in [-0.05, 0) is 56.2 Å². The maximum Gasteiger partial charge on any atom is 0.266 e. The van der Waals surface area contributed by atoms with Crippen LogP contribution in [0.2, 0.25) is 0 Å². The van der Waals surface area contributed by atoms with E-state index < -0.39 is 0 Å². The normalized spacial score (nSPS) is 11.4. The number of aryl methyl sites for hydroxylation is 3. The maximum absolute atomic E-state index is 13.3. The van der Waals surface area contributed by atoms with Crippen LogP contribution in [0.5, 0.6) is 0 Å². The first-order valence-corrected chi connectivity index (χ1v) is 9.37. The smallest absolute Gasteiger partial charge is 0.266 e. The van der Waals surface area contributed by atoms with Crippen molar-refractivity contribution in [2.75, 3.05) is 0 Å². The fourth-order valence-electron chi connectivity index (χ4n) is 3.50. The molecule has 0 aliphatic heterocycles. The molecule has 0 amide bonds. The van der Waals surface area contributed by atoms with Crippen LogP contribution in [-0.4, -0.2) is 9.55 Å². The molecule has 0 saturated carbocycles. The van der Waals surface area contributed by atoms with Gasteiger partial charge in [-0.15, -0.1) is 0 Å². The van der Waals surface area contributed by atoms with E-state index in [1.54, 1.807) is 4.57 Å². The number of rotatable bonds is 3. The van der Waals surface area contributed by atoms with Gasteiger partial charge in [0, 0.05) is 0 Å². The lowest BCUT2D eigenvalue weighted by Gasteiger charge is -2.14. The molecule has 28 heavy (non-hydrogen) atoms. The van der Waals surface area contributed by atoms with Gasteiger partial charge >= 0.3 is 0 Å². The third kappa shape index (κ3) is 3.39. The molecule has 0 atom stereocenters. The second-order valence-electron chi connectivity index (χ2n) is 7.17. The Kier molecular flexibility index (Phi) is 4.66. The molecule has 0 saturated heterocycles. The molecule has 0 unspecified atom stereocenters. The summed E-state index contributed by atoms with van der Waals surface area (Å²) in [5, 5.41) is 0.621. The number of para-hydroxylation sites is 1. The Hall–Kier alpha value is -3.46. The van der Waals surface area contributed by atoms with E-state index in [1.807, 2.05) is 67.6 Å². The maximum atomic E-state index is 13.3. The predicted octanol–water partition coefficient (Wildman–Crippen LogP) is 5.48. The molecule has 0 aliphatic rings. The van der Waals surface area contributed by atoms with Crippen molar-refractivity contribution in [1.82, 2.24) is 9.55 Å². The van der Waals surface area contributed by atoms with Crippen LogP contribution in [0.4, 0.5) is 0 Å². The van der Waals surface area contributed by atoms with Gasteiger partial charge < -0.3 is 0 Å². The Morgan fingerprint density at radius 3 is 2.39 bits per heavy atom. The molecule has 0 fully saturated rings. The molecular weight excluding hydrogens is 344 g/mol. The van der Waals surface area contributed by atoms with Gasteiger partial charge in [0.25, 0.3) is 5.56 Å². The topological polar surface area (TPSA) is 34.9 Å². The largest absolute Gasteiger partial charge is 0.268 e. The number of aromatic nitrogens is 2. The standard InChI is InChI=1S/C25H22N2O/c1-17-7-6-8-20(16-17)12-14-24-26-22-10-5-4-9-21(22)25(28)27(24)23-13-11-18(2)15-19(23)3/h4-16H,1-3H3/b14-12+. The summed E-state index contributed by atoms with van der Waals surface area (Å²) in [5.74, 6) is 0.622. The van der Waals surface area contributed by atoms with Gasteiger partial charge in [-0.25, -0.2) is 4.98 Å². The second-order valence-corrected chi connectivity index (χ2v) is 7.17. The minimum atomic E-state index is -0.0542. The van der Waals surface area contributed by atoms with E-state index in [-0.39, 0.29) is 5.56 Å². The molecule has 3 aromatic carbocycles. The second kappa shape index (κ2) is 7.28. The molecule has 3 nitrogen and oxygen atoms in total. The molecule has 4 rings (SSSR count). The summed E-state index contributed by atoms with van der Waals surface area (Å²) in [6.45, 7) is 6.14. The van der Waals surface area contributed by atoms with Crippen molar-refractivity contribution in [2.24, 2.45) is 0 Å². The molecule has 0 N–H and O–H groups in total.